The van der Waals surface area contributed by atoms with Gasteiger partial charge in [0.25, 0.3) is 0 Å². The fourth-order valence-electron chi connectivity index (χ4n) is 3.54. The van der Waals surface area contributed by atoms with E-state index < -0.39 is 0 Å². The molecule has 8 heteroatoms. The van der Waals surface area contributed by atoms with Gasteiger partial charge in [-0.3, -0.25) is 9.36 Å². The maximum Gasteiger partial charge on any atom is 0.234 e. The van der Waals surface area contributed by atoms with Gasteiger partial charge in [0, 0.05) is 5.69 Å². The summed E-state index contributed by atoms with van der Waals surface area (Å²) in [6.45, 7) is 6.82. The summed E-state index contributed by atoms with van der Waals surface area (Å²) in [5.74, 6) is 2.32. The molecule has 0 unspecified atom stereocenters. The van der Waals surface area contributed by atoms with E-state index in [1.54, 1.807) is 6.26 Å². The summed E-state index contributed by atoms with van der Waals surface area (Å²) in [6.07, 6.45) is 2.49. The molecule has 4 rings (SSSR count). The van der Waals surface area contributed by atoms with E-state index in [1.807, 2.05) is 73.0 Å². The molecule has 0 spiro atoms. The quantitative estimate of drug-likeness (QED) is 0.308. The summed E-state index contributed by atoms with van der Waals surface area (Å²) in [4.78, 5) is 12.7. The summed E-state index contributed by atoms with van der Waals surface area (Å²) < 4.78 is 13.4. The number of ether oxygens (including phenoxy) is 1. The van der Waals surface area contributed by atoms with Crippen molar-refractivity contribution in [3.05, 3.63) is 89.1 Å². The highest BCUT2D eigenvalue weighted by molar-refractivity contribution is 7.99. The molecule has 0 aliphatic heterocycles. The molecule has 2 heterocycles. The largest absolute Gasteiger partial charge is 0.486 e. The number of aromatic nitrogens is 3. The van der Waals surface area contributed by atoms with Gasteiger partial charge in [-0.25, -0.2) is 0 Å². The first-order valence-corrected chi connectivity index (χ1v) is 12.2. The minimum absolute atomic E-state index is 0.0843. The Morgan fingerprint density at radius 3 is 2.65 bits per heavy atom. The van der Waals surface area contributed by atoms with Crippen molar-refractivity contribution in [1.82, 2.24) is 14.8 Å². The molecule has 2 aromatic heterocycles. The van der Waals surface area contributed by atoms with Crippen molar-refractivity contribution in [2.45, 2.75) is 45.5 Å². The van der Waals surface area contributed by atoms with Crippen LogP contribution in [0.25, 0.3) is 0 Å². The summed E-state index contributed by atoms with van der Waals surface area (Å²) in [6, 6.07) is 17.7. The fraction of sp³-hybridized carbons (Fsp3) is 0.269. The van der Waals surface area contributed by atoms with Crippen molar-refractivity contribution in [1.29, 1.82) is 0 Å². The molecule has 1 N–H and O–H groups in total. The Kier molecular flexibility index (Phi) is 7.69. The Balaban J connectivity index is 1.46. The molecule has 0 radical (unpaired) electrons. The number of nitrogens with one attached hydrogen (secondary N) is 1. The van der Waals surface area contributed by atoms with Gasteiger partial charge in [0.05, 0.1) is 18.6 Å². The van der Waals surface area contributed by atoms with E-state index in [2.05, 4.69) is 22.4 Å². The number of furan rings is 1. The highest BCUT2D eigenvalue weighted by Gasteiger charge is 2.17. The lowest BCUT2D eigenvalue weighted by atomic mass is 10.1. The third-order valence-electron chi connectivity index (χ3n) is 5.41. The van der Waals surface area contributed by atoms with Gasteiger partial charge in [-0.2, -0.15) is 0 Å². The van der Waals surface area contributed by atoms with Gasteiger partial charge in [-0.15, -0.1) is 10.2 Å². The van der Waals surface area contributed by atoms with Gasteiger partial charge in [-0.1, -0.05) is 54.6 Å². The molecule has 0 aliphatic rings. The van der Waals surface area contributed by atoms with Gasteiger partial charge in [0.1, 0.15) is 18.1 Å². The lowest BCUT2D eigenvalue weighted by molar-refractivity contribution is -0.113. The average Bonchev–Trinajstić information content (AvgIpc) is 3.49. The lowest BCUT2D eigenvalue weighted by Crippen LogP contribution is -2.17. The topological polar surface area (TPSA) is 82.2 Å². The number of rotatable bonds is 10. The van der Waals surface area contributed by atoms with Crippen LogP contribution in [0.3, 0.4) is 0 Å². The molecule has 176 valence electrons. The number of aryl methyl sites for hydroxylation is 3. The number of amides is 1. The first-order chi connectivity index (χ1) is 16.5. The zero-order chi connectivity index (χ0) is 23.9. The van der Waals surface area contributed by atoms with E-state index >= 15 is 0 Å². The second-order valence-corrected chi connectivity index (χ2v) is 8.91. The molecule has 0 saturated heterocycles. The van der Waals surface area contributed by atoms with Crippen molar-refractivity contribution >= 4 is 23.4 Å². The van der Waals surface area contributed by atoms with Gasteiger partial charge >= 0.3 is 0 Å². The van der Waals surface area contributed by atoms with E-state index in [9.17, 15) is 4.79 Å². The summed E-state index contributed by atoms with van der Waals surface area (Å²) in [7, 11) is 0. The predicted octanol–water partition coefficient (Wildman–Crippen LogP) is 5.41. The van der Waals surface area contributed by atoms with Crippen molar-refractivity contribution in [3.63, 3.8) is 0 Å². The van der Waals surface area contributed by atoms with Crippen molar-refractivity contribution in [2.75, 3.05) is 11.1 Å². The zero-order valence-electron chi connectivity index (χ0n) is 19.6. The van der Waals surface area contributed by atoms with Crippen molar-refractivity contribution in [2.24, 2.45) is 0 Å². The molecule has 4 aromatic rings. The first-order valence-electron chi connectivity index (χ1n) is 11.2. The number of nitrogens with zero attached hydrogens (tertiary/aromatic N) is 3. The summed E-state index contributed by atoms with van der Waals surface area (Å²) in [5.41, 5.74) is 4.23. The van der Waals surface area contributed by atoms with Crippen LogP contribution in [0.2, 0.25) is 0 Å². The Labute approximate surface area is 203 Å². The van der Waals surface area contributed by atoms with Crippen LogP contribution in [0.5, 0.6) is 5.75 Å². The van der Waals surface area contributed by atoms with Crippen LogP contribution in [0, 0.1) is 13.8 Å². The second kappa shape index (κ2) is 11.1. The Hall–Kier alpha value is -3.52. The normalized spacial score (nSPS) is 10.9. The van der Waals surface area contributed by atoms with E-state index in [0.29, 0.717) is 17.5 Å². The maximum absolute atomic E-state index is 12.7. The molecule has 0 atom stereocenters. The Morgan fingerprint density at radius 2 is 1.91 bits per heavy atom. The Bertz CT molecular complexity index is 1230. The number of carbonyl (C=O) groups excluding carboxylic acids is 1. The molecular weight excluding hydrogens is 448 g/mol. The molecule has 0 bridgehead atoms. The van der Waals surface area contributed by atoms with Crippen LogP contribution in [0.15, 0.2) is 70.4 Å². The van der Waals surface area contributed by atoms with Crippen molar-refractivity contribution in [3.8, 4) is 5.75 Å². The first kappa shape index (κ1) is 23.6. The van der Waals surface area contributed by atoms with E-state index in [1.165, 1.54) is 17.3 Å². The number of thioether (sulfide) groups is 1. The van der Waals surface area contributed by atoms with E-state index in [0.717, 1.165) is 34.7 Å². The molecule has 7 nitrogen and oxygen atoms in total. The van der Waals surface area contributed by atoms with Crippen LogP contribution in [-0.2, 0) is 24.4 Å². The molecule has 1 amide bonds. The number of hydrogen-bond donors (Lipinski definition) is 1. The number of para-hydroxylation sites is 1. The van der Waals surface area contributed by atoms with Crippen LogP contribution in [0.4, 0.5) is 5.69 Å². The molecule has 0 aliphatic carbocycles. The minimum Gasteiger partial charge on any atom is -0.486 e. The average molecular weight is 477 g/mol. The number of benzene rings is 2. The fourth-order valence-corrected chi connectivity index (χ4v) is 4.30. The maximum atomic E-state index is 12.7. The number of carbonyl (C=O) groups is 1. The summed E-state index contributed by atoms with van der Waals surface area (Å²) in [5, 5.41) is 12.4. The predicted molar refractivity (Wildman–Crippen MR) is 133 cm³/mol. The van der Waals surface area contributed by atoms with Gasteiger partial charge < -0.3 is 14.5 Å². The van der Waals surface area contributed by atoms with Crippen LogP contribution in [0.1, 0.15) is 35.2 Å². The molecule has 2 aromatic carbocycles. The van der Waals surface area contributed by atoms with Gasteiger partial charge in [0.15, 0.2) is 11.0 Å². The highest BCUT2D eigenvalue weighted by Crippen LogP contribution is 2.24. The van der Waals surface area contributed by atoms with E-state index in [4.69, 9.17) is 9.15 Å². The molecule has 0 fully saturated rings. The smallest absolute Gasteiger partial charge is 0.234 e. The lowest BCUT2D eigenvalue weighted by Gasteiger charge is -2.13. The molecule has 34 heavy (non-hydrogen) atoms. The monoisotopic (exact) mass is 476 g/mol. The Morgan fingerprint density at radius 1 is 1.09 bits per heavy atom. The third kappa shape index (κ3) is 5.88. The number of hydrogen-bond acceptors (Lipinski definition) is 6. The van der Waals surface area contributed by atoms with Crippen LogP contribution < -0.4 is 10.1 Å². The standard InChI is InChI=1S/C26H28N4O3S/c1-4-20-8-5-7-19(3)25(20)27-24(31)17-34-26-29-28-23(30(26)15-22-9-6-14-32-22)16-33-21-12-10-18(2)11-13-21/h5-14H,4,15-17H2,1-3H3,(H,27,31). The SMILES string of the molecule is CCc1cccc(C)c1NC(=O)CSc1nnc(COc2ccc(C)cc2)n1Cc1ccco1. The third-order valence-corrected chi connectivity index (χ3v) is 6.38. The van der Waals surface area contributed by atoms with Crippen LogP contribution in [-0.4, -0.2) is 26.4 Å². The van der Waals surface area contributed by atoms with Crippen molar-refractivity contribution < 1.29 is 13.9 Å². The summed E-state index contributed by atoms with van der Waals surface area (Å²) >= 11 is 1.34. The minimum atomic E-state index is -0.0843. The highest BCUT2D eigenvalue weighted by atomic mass is 32.2. The number of anilines is 1. The van der Waals surface area contributed by atoms with E-state index in [-0.39, 0.29) is 18.3 Å². The molecular formula is C26H28N4O3S. The van der Waals surface area contributed by atoms with Crippen LogP contribution >= 0.6 is 11.8 Å². The van der Waals surface area contributed by atoms with Gasteiger partial charge in [-0.05, 0) is 55.7 Å². The zero-order valence-corrected chi connectivity index (χ0v) is 20.4. The molecule has 0 saturated carbocycles. The second-order valence-electron chi connectivity index (χ2n) is 7.97. The van der Waals surface area contributed by atoms with Gasteiger partial charge in [0.2, 0.25) is 5.91 Å².